The molecule has 2 aliphatic carbocycles. The molecule has 0 amide bonds. The highest BCUT2D eigenvalue weighted by atomic mass is 32.1. The minimum Gasteiger partial charge on any atom is -0.309 e. The zero-order valence-corrected chi connectivity index (χ0v) is 12.2. The van der Waals surface area contributed by atoms with Gasteiger partial charge in [0.15, 0.2) is 0 Å². The molecule has 1 N–H and O–H groups in total. The highest BCUT2D eigenvalue weighted by Crippen LogP contribution is 2.42. The summed E-state index contributed by atoms with van der Waals surface area (Å²) >= 11 is 1.94. The molecule has 0 spiro atoms. The van der Waals surface area contributed by atoms with E-state index in [1.54, 1.807) is 0 Å². The van der Waals surface area contributed by atoms with Crippen LogP contribution in [-0.2, 0) is 13.0 Å². The smallest absolute Gasteiger partial charge is 0.0944 e. The molecule has 0 aromatic carbocycles. The largest absolute Gasteiger partial charge is 0.309 e. The van der Waals surface area contributed by atoms with Gasteiger partial charge in [-0.1, -0.05) is 0 Å². The van der Waals surface area contributed by atoms with Crippen molar-refractivity contribution in [3.63, 3.8) is 0 Å². The van der Waals surface area contributed by atoms with Crippen LogP contribution in [0.15, 0.2) is 0 Å². The molecule has 0 atom stereocenters. The van der Waals surface area contributed by atoms with Crippen molar-refractivity contribution in [2.24, 2.45) is 0 Å². The van der Waals surface area contributed by atoms with Gasteiger partial charge in [0.25, 0.3) is 0 Å². The predicted molar refractivity (Wildman–Crippen MR) is 76.2 cm³/mol. The molecule has 3 rings (SSSR count). The molecule has 1 aromatic rings. The van der Waals surface area contributed by atoms with Crippen molar-refractivity contribution in [3.8, 4) is 0 Å². The molecule has 2 fully saturated rings. The Hall–Kier alpha value is -0.450. The Labute approximate surface area is 114 Å². The average Bonchev–Trinajstić information content (AvgIpc) is 3.23. The van der Waals surface area contributed by atoms with E-state index < -0.39 is 0 Å². The zero-order chi connectivity index (χ0) is 12.5. The van der Waals surface area contributed by atoms with Crippen LogP contribution in [0.4, 0.5) is 0 Å². The first-order valence-electron chi connectivity index (χ1n) is 7.09. The fraction of sp³-hybridized carbons (Fsp3) is 0.786. The lowest BCUT2D eigenvalue weighted by molar-refractivity contribution is 0.413. The van der Waals surface area contributed by atoms with Gasteiger partial charge in [0.05, 0.1) is 10.7 Å². The monoisotopic (exact) mass is 265 g/mol. The standard InChI is InChI=1S/C14H23N3S/c1-17(2)8-7-13-16-14(10-3-4-10)12(18-13)9-15-11-5-6-11/h10-11,15H,3-9H2,1-2H3. The Bertz CT molecular complexity index is 405. The Morgan fingerprint density at radius 2 is 2.06 bits per heavy atom. The number of hydrogen-bond acceptors (Lipinski definition) is 4. The number of hydrogen-bond donors (Lipinski definition) is 1. The molecule has 3 nitrogen and oxygen atoms in total. The summed E-state index contributed by atoms with van der Waals surface area (Å²) in [6.07, 6.45) is 6.54. The number of aromatic nitrogens is 1. The molecular weight excluding hydrogens is 242 g/mol. The van der Waals surface area contributed by atoms with Gasteiger partial charge in [0.1, 0.15) is 0 Å². The summed E-state index contributed by atoms with van der Waals surface area (Å²) in [6, 6.07) is 0.796. The number of thiazole rings is 1. The minimum absolute atomic E-state index is 0.783. The van der Waals surface area contributed by atoms with Crippen LogP contribution in [0.3, 0.4) is 0 Å². The second kappa shape index (κ2) is 5.27. The molecule has 100 valence electrons. The Morgan fingerprint density at radius 1 is 1.28 bits per heavy atom. The molecule has 2 aliphatic rings. The molecule has 0 bridgehead atoms. The summed E-state index contributed by atoms with van der Waals surface area (Å²) in [5, 5.41) is 4.97. The van der Waals surface area contributed by atoms with E-state index in [0.717, 1.165) is 31.5 Å². The molecule has 2 saturated carbocycles. The van der Waals surface area contributed by atoms with Gasteiger partial charge in [-0.3, -0.25) is 0 Å². The predicted octanol–water partition coefficient (Wildman–Crippen LogP) is 2.38. The number of likely N-dealkylation sites (N-methyl/N-ethyl adjacent to an activating group) is 1. The van der Waals surface area contributed by atoms with E-state index in [0.29, 0.717) is 0 Å². The number of nitrogens with one attached hydrogen (secondary N) is 1. The third-order valence-electron chi connectivity index (χ3n) is 3.64. The summed E-state index contributed by atoms with van der Waals surface area (Å²) in [7, 11) is 4.26. The van der Waals surface area contributed by atoms with E-state index in [2.05, 4.69) is 24.3 Å². The maximum atomic E-state index is 4.89. The van der Waals surface area contributed by atoms with E-state index in [9.17, 15) is 0 Å². The maximum Gasteiger partial charge on any atom is 0.0944 e. The Kier molecular flexibility index (Phi) is 3.68. The molecular formula is C14H23N3S. The van der Waals surface area contributed by atoms with Crippen LogP contribution >= 0.6 is 11.3 Å². The molecule has 4 heteroatoms. The SMILES string of the molecule is CN(C)CCc1nc(C2CC2)c(CNC2CC2)s1. The van der Waals surface area contributed by atoms with Crippen LogP contribution in [0.5, 0.6) is 0 Å². The average molecular weight is 265 g/mol. The van der Waals surface area contributed by atoms with Gasteiger partial charge in [0.2, 0.25) is 0 Å². The fourth-order valence-electron chi connectivity index (χ4n) is 2.17. The highest BCUT2D eigenvalue weighted by molar-refractivity contribution is 7.11. The quantitative estimate of drug-likeness (QED) is 0.820. The van der Waals surface area contributed by atoms with Crippen molar-refractivity contribution >= 4 is 11.3 Å². The van der Waals surface area contributed by atoms with Crippen LogP contribution in [0.1, 0.15) is 47.2 Å². The third kappa shape index (κ3) is 3.31. The minimum atomic E-state index is 0.783. The van der Waals surface area contributed by atoms with E-state index >= 15 is 0 Å². The summed E-state index contributed by atoms with van der Waals surface area (Å²) in [6.45, 7) is 2.16. The number of rotatable bonds is 7. The number of nitrogens with zero attached hydrogens (tertiary/aromatic N) is 2. The maximum absolute atomic E-state index is 4.89. The van der Waals surface area contributed by atoms with Gasteiger partial charge >= 0.3 is 0 Å². The normalized spacial score (nSPS) is 19.7. The highest BCUT2D eigenvalue weighted by Gasteiger charge is 2.30. The lowest BCUT2D eigenvalue weighted by Crippen LogP contribution is -2.15. The van der Waals surface area contributed by atoms with Crippen molar-refractivity contribution in [3.05, 3.63) is 15.6 Å². The van der Waals surface area contributed by atoms with Gasteiger partial charge in [0, 0.05) is 36.3 Å². The van der Waals surface area contributed by atoms with Crippen molar-refractivity contribution in [1.82, 2.24) is 15.2 Å². The van der Waals surface area contributed by atoms with Crippen molar-refractivity contribution in [1.29, 1.82) is 0 Å². The van der Waals surface area contributed by atoms with Gasteiger partial charge in [-0.05, 0) is 39.8 Å². The van der Waals surface area contributed by atoms with Crippen LogP contribution < -0.4 is 5.32 Å². The van der Waals surface area contributed by atoms with Crippen LogP contribution in [-0.4, -0.2) is 36.6 Å². The van der Waals surface area contributed by atoms with Crippen LogP contribution in [0, 0.1) is 0 Å². The molecule has 0 saturated heterocycles. The van der Waals surface area contributed by atoms with E-state index in [4.69, 9.17) is 4.98 Å². The zero-order valence-electron chi connectivity index (χ0n) is 11.4. The van der Waals surface area contributed by atoms with Crippen molar-refractivity contribution in [2.45, 2.75) is 50.6 Å². The lowest BCUT2D eigenvalue weighted by atomic mass is 10.2. The van der Waals surface area contributed by atoms with Crippen LogP contribution in [0.2, 0.25) is 0 Å². The van der Waals surface area contributed by atoms with E-state index in [1.807, 2.05) is 11.3 Å². The molecule has 0 radical (unpaired) electrons. The summed E-state index contributed by atoms with van der Waals surface area (Å²) < 4.78 is 0. The molecule has 1 heterocycles. The van der Waals surface area contributed by atoms with Gasteiger partial charge in [-0.25, -0.2) is 4.98 Å². The Morgan fingerprint density at radius 3 is 2.67 bits per heavy atom. The summed E-state index contributed by atoms with van der Waals surface area (Å²) in [5.74, 6) is 0.783. The first-order chi connectivity index (χ1) is 8.72. The summed E-state index contributed by atoms with van der Waals surface area (Å²) in [4.78, 5) is 8.64. The molecule has 0 unspecified atom stereocenters. The van der Waals surface area contributed by atoms with Crippen molar-refractivity contribution in [2.75, 3.05) is 20.6 Å². The van der Waals surface area contributed by atoms with Gasteiger partial charge in [-0.2, -0.15) is 0 Å². The summed E-state index contributed by atoms with van der Waals surface area (Å²) in [5.41, 5.74) is 1.42. The molecule has 0 aliphatic heterocycles. The molecule has 18 heavy (non-hydrogen) atoms. The first kappa shape index (κ1) is 12.6. The fourth-order valence-corrected chi connectivity index (χ4v) is 3.26. The Balaban J connectivity index is 1.64. The second-order valence-corrected chi connectivity index (χ2v) is 7.07. The third-order valence-corrected chi connectivity index (χ3v) is 4.77. The van der Waals surface area contributed by atoms with Gasteiger partial charge < -0.3 is 10.2 Å². The first-order valence-corrected chi connectivity index (χ1v) is 7.90. The van der Waals surface area contributed by atoms with E-state index in [-0.39, 0.29) is 0 Å². The lowest BCUT2D eigenvalue weighted by Gasteiger charge is -2.06. The van der Waals surface area contributed by atoms with Crippen molar-refractivity contribution < 1.29 is 0 Å². The topological polar surface area (TPSA) is 28.2 Å². The molecule has 1 aromatic heterocycles. The van der Waals surface area contributed by atoms with E-state index in [1.165, 1.54) is 41.3 Å². The van der Waals surface area contributed by atoms with Crippen LogP contribution in [0.25, 0.3) is 0 Å². The van der Waals surface area contributed by atoms with Gasteiger partial charge in [-0.15, -0.1) is 11.3 Å². The second-order valence-electron chi connectivity index (χ2n) is 5.90.